The summed E-state index contributed by atoms with van der Waals surface area (Å²) in [5.74, 6) is -0.553. The van der Waals surface area contributed by atoms with Gasteiger partial charge >= 0.3 is 0 Å². The van der Waals surface area contributed by atoms with E-state index in [4.69, 9.17) is 16.6 Å². The molecule has 1 unspecified atom stereocenters. The maximum absolute atomic E-state index is 12.6. The second kappa shape index (κ2) is 9.49. The lowest BCUT2D eigenvalue weighted by Crippen LogP contribution is -2.34. The van der Waals surface area contributed by atoms with Gasteiger partial charge in [-0.15, -0.1) is 0 Å². The van der Waals surface area contributed by atoms with Gasteiger partial charge in [-0.3, -0.25) is 14.9 Å². The van der Waals surface area contributed by atoms with Crippen molar-refractivity contribution in [1.29, 1.82) is 0 Å². The van der Waals surface area contributed by atoms with Crippen LogP contribution < -0.4 is 16.0 Å². The number of carbonyl (C=O) groups excluding carboxylic acids is 2. The highest BCUT2D eigenvalue weighted by Gasteiger charge is 2.14. The van der Waals surface area contributed by atoms with Gasteiger partial charge in [0.15, 0.2) is 15.5 Å². The Morgan fingerprint density at radius 2 is 1.76 bits per heavy atom. The van der Waals surface area contributed by atoms with Crippen molar-refractivity contribution in [2.45, 2.75) is 13.0 Å². The third-order valence-electron chi connectivity index (χ3n) is 4.05. The van der Waals surface area contributed by atoms with Gasteiger partial charge in [-0.25, -0.2) is 0 Å². The van der Waals surface area contributed by atoms with Crippen LogP contribution in [0.2, 0.25) is 0 Å². The minimum absolute atomic E-state index is 0.0951. The van der Waals surface area contributed by atoms with E-state index < -0.39 is 5.91 Å². The van der Waals surface area contributed by atoms with Crippen LogP contribution in [0.5, 0.6) is 0 Å². The molecule has 0 radical (unpaired) electrons. The molecule has 0 bridgehead atoms. The molecule has 0 aliphatic rings. The molecule has 0 aliphatic carbocycles. The molecule has 3 aromatic rings. The van der Waals surface area contributed by atoms with Gasteiger partial charge < -0.3 is 15.1 Å². The number of hydrogen-bond acceptors (Lipinski definition) is 4. The number of furan rings is 1. The SMILES string of the molecule is CC(NC(=O)c1cccc(NC(=S)NC(=O)c2ccc(Br)o2)c1)c1ccccc1. The number of anilines is 1. The van der Waals surface area contributed by atoms with Crippen LogP contribution in [0.15, 0.2) is 75.8 Å². The molecule has 148 valence electrons. The topological polar surface area (TPSA) is 83.4 Å². The fourth-order valence-electron chi connectivity index (χ4n) is 2.61. The number of amides is 2. The van der Waals surface area contributed by atoms with Gasteiger partial charge in [0.25, 0.3) is 11.8 Å². The van der Waals surface area contributed by atoms with E-state index in [1.165, 1.54) is 6.07 Å². The first-order chi connectivity index (χ1) is 13.9. The predicted molar refractivity (Wildman–Crippen MR) is 119 cm³/mol. The van der Waals surface area contributed by atoms with Crippen molar-refractivity contribution in [1.82, 2.24) is 10.6 Å². The van der Waals surface area contributed by atoms with Crippen LogP contribution in [0, 0.1) is 0 Å². The molecule has 8 heteroatoms. The lowest BCUT2D eigenvalue weighted by molar-refractivity contribution is 0.0935. The van der Waals surface area contributed by atoms with Gasteiger partial charge in [0.05, 0.1) is 6.04 Å². The van der Waals surface area contributed by atoms with Gasteiger partial charge in [-0.1, -0.05) is 36.4 Å². The van der Waals surface area contributed by atoms with E-state index in [1.54, 1.807) is 30.3 Å². The number of hydrogen-bond donors (Lipinski definition) is 3. The monoisotopic (exact) mass is 471 g/mol. The Balaban J connectivity index is 1.60. The lowest BCUT2D eigenvalue weighted by Gasteiger charge is -2.15. The zero-order valence-electron chi connectivity index (χ0n) is 15.4. The Bertz CT molecular complexity index is 1040. The Labute approximate surface area is 181 Å². The Morgan fingerprint density at radius 1 is 1.00 bits per heavy atom. The molecule has 3 rings (SSSR count). The first kappa shape index (κ1) is 20.8. The Hall–Kier alpha value is -2.97. The van der Waals surface area contributed by atoms with Crippen LogP contribution in [0.3, 0.4) is 0 Å². The Kier molecular flexibility index (Phi) is 6.79. The molecule has 6 nitrogen and oxygen atoms in total. The van der Waals surface area contributed by atoms with E-state index in [0.717, 1.165) is 5.56 Å². The van der Waals surface area contributed by atoms with Crippen molar-refractivity contribution >= 4 is 50.8 Å². The second-order valence-electron chi connectivity index (χ2n) is 6.20. The first-order valence-corrected chi connectivity index (χ1v) is 9.96. The van der Waals surface area contributed by atoms with Gasteiger partial charge in [0.1, 0.15) is 0 Å². The van der Waals surface area contributed by atoms with Crippen molar-refractivity contribution in [3.8, 4) is 0 Å². The van der Waals surface area contributed by atoms with Gasteiger partial charge in [0.2, 0.25) is 0 Å². The molecular formula is C21H18BrN3O3S. The van der Waals surface area contributed by atoms with Gasteiger partial charge in [0, 0.05) is 11.3 Å². The number of benzene rings is 2. The number of carbonyl (C=O) groups is 2. The fourth-order valence-corrected chi connectivity index (χ4v) is 3.12. The summed E-state index contributed by atoms with van der Waals surface area (Å²) in [6.07, 6.45) is 0. The summed E-state index contributed by atoms with van der Waals surface area (Å²) in [4.78, 5) is 24.6. The lowest BCUT2D eigenvalue weighted by atomic mass is 10.1. The van der Waals surface area contributed by atoms with Crippen LogP contribution in [0.25, 0.3) is 0 Å². The van der Waals surface area contributed by atoms with Crippen LogP contribution in [0.1, 0.15) is 39.4 Å². The number of rotatable bonds is 5. The highest BCUT2D eigenvalue weighted by atomic mass is 79.9. The molecule has 1 atom stereocenters. The zero-order valence-corrected chi connectivity index (χ0v) is 17.8. The maximum Gasteiger partial charge on any atom is 0.293 e. The first-order valence-electron chi connectivity index (χ1n) is 8.76. The number of nitrogens with one attached hydrogen (secondary N) is 3. The number of halogens is 1. The van der Waals surface area contributed by atoms with Crippen LogP contribution in [-0.4, -0.2) is 16.9 Å². The normalized spacial score (nSPS) is 11.4. The van der Waals surface area contributed by atoms with Crippen molar-refractivity contribution in [3.63, 3.8) is 0 Å². The van der Waals surface area contributed by atoms with Gasteiger partial charge in [-0.2, -0.15) is 0 Å². The van der Waals surface area contributed by atoms with Crippen molar-refractivity contribution < 1.29 is 14.0 Å². The smallest absolute Gasteiger partial charge is 0.293 e. The fraction of sp³-hybridized carbons (Fsp3) is 0.0952. The largest absolute Gasteiger partial charge is 0.444 e. The molecule has 1 heterocycles. The third-order valence-corrected chi connectivity index (χ3v) is 4.68. The van der Waals surface area contributed by atoms with E-state index >= 15 is 0 Å². The summed E-state index contributed by atoms with van der Waals surface area (Å²) < 4.78 is 5.63. The molecule has 0 fully saturated rings. The maximum atomic E-state index is 12.6. The minimum Gasteiger partial charge on any atom is -0.444 e. The molecule has 0 saturated heterocycles. The van der Waals surface area contributed by atoms with Crippen LogP contribution in [0.4, 0.5) is 5.69 Å². The predicted octanol–water partition coefficient (Wildman–Crippen LogP) is 4.66. The average Bonchev–Trinajstić information content (AvgIpc) is 3.15. The molecule has 2 aromatic carbocycles. The van der Waals surface area contributed by atoms with Crippen LogP contribution >= 0.6 is 28.1 Å². The average molecular weight is 472 g/mol. The van der Waals surface area contributed by atoms with E-state index in [1.807, 2.05) is 37.3 Å². The summed E-state index contributed by atoms with van der Waals surface area (Å²) >= 11 is 8.31. The highest BCUT2D eigenvalue weighted by molar-refractivity contribution is 9.10. The summed E-state index contributed by atoms with van der Waals surface area (Å²) in [7, 11) is 0. The van der Waals surface area contributed by atoms with Crippen molar-refractivity contribution in [2.24, 2.45) is 0 Å². The van der Waals surface area contributed by atoms with E-state index in [9.17, 15) is 9.59 Å². The molecular weight excluding hydrogens is 454 g/mol. The molecule has 0 saturated carbocycles. The van der Waals surface area contributed by atoms with Crippen molar-refractivity contribution in [3.05, 3.63) is 88.3 Å². The number of thiocarbonyl (C=S) groups is 1. The van der Waals surface area contributed by atoms with Crippen molar-refractivity contribution in [2.75, 3.05) is 5.32 Å². The summed E-state index contributed by atoms with van der Waals surface area (Å²) in [5, 5.41) is 8.48. The molecule has 0 aliphatic heterocycles. The zero-order chi connectivity index (χ0) is 20.8. The van der Waals surface area contributed by atoms with E-state index in [0.29, 0.717) is 15.9 Å². The quantitative estimate of drug-likeness (QED) is 0.471. The molecule has 1 aromatic heterocycles. The van der Waals surface area contributed by atoms with Gasteiger partial charge in [-0.05, 0) is 71.0 Å². The van der Waals surface area contributed by atoms with E-state index in [2.05, 4.69) is 31.9 Å². The minimum atomic E-state index is -0.473. The second-order valence-corrected chi connectivity index (χ2v) is 7.39. The summed E-state index contributed by atoms with van der Waals surface area (Å²) in [5.41, 5.74) is 2.07. The third kappa shape index (κ3) is 5.75. The highest BCUT2D eigenvalue weighted by Crippen LogP contribution is 2.16. The van der Waals surface area contributed by atoms with Crippen LogP contribution in [-0.2, 0) is 0 Å². The summed E-state index contributed by atoms with van der Waals surface area (Å²) in [6.45, 7) is 1.92. The summed E-state index contributed by atoms with van der Waals surface area (Å²) in [6, 6.07) is 19.6. The van der Waals surface area contributed by atoms with E-state index in [-0.39, 0.29) is 22.8 Å². The molecule has 0 spiro atoms. The molecule has 2 amide bonds. The molecule has 29 heavy (non-hydrogen) atoms. The Morgan fingerprint density at radius 3 is 2.45 bits per heavy atom. The standard InChI is InChI=1S/C21H18BrN3O3S/c1-13(14-6-3-2-4-7-14)23-19(26)15-8-5-9-16(12-15)24-21(29)25-20(27)17-10-11-18(22)28-17/h2-13H,1H3,(H,23,26)(H2,24,25,27,29). The molecule has 3 N–H and O–H groups in total.